The largest absolute Gasteiger partial charge is 0.435 e. The van der Waals surface area contributed by atoms with Crippen molar-refractivity contribution in [3.63, 3.8) is 0 Å². The molecule has 0 aliphatic heterocycles. The highest BCUT2D eigenvalue weighted by Crippen LogP contribution is 2.26. The van der Waals surface area contributed by atoms with Crippen LogP contribution in [0.3, 0.4) is 0 Å². The van der Waals surface area contributed by atoms with E-state index in [1.807, 2.05) is 0 Å². The first kappa shape index (κ1) is 12.4. The summed E-state index contributed by atoms with van der Waals surface area (Å²) in [4.78, 5) is 3.95. The summed E-state index contributed by atoms with van der Waals surface area (Å²) in [5.74, 6) is -1.55. The number of pyridine rings is 1. The van der Waals surface area contributed by atoms with E-state index in [-0.39, 0.29) is 16.6 Å². The highest BCUT2D eigenvalue weighted by Gasteiger charge is 2.12. The van der Waals surface area contributed by atoms with Crippen molar-refractivity contribution in [2.45, 2.75) is 0 Å². The molecule has 0 fully saturated rings. The van der Waals surface area contributed by atoms with E-state index >= 15 is 0 Å². The number of ether oxygens (including phenoxy) is 1. The molecule has 1 heterocycles. The minimum absolute atomic E-state index is 0.0366. The Bertz CT molecular complexity index is 604. The van der Waals surface area contributed by atoms with Gasteiger partial charge in [0, 0.05) is 12.3 Å². The molecule has 0 atom stereocenters. The molecule has 0 unspecified atom stereocenters. The molecule has 0 aliphatic rings. The first-order chi connectivity index (χ1) is 8.58. The van der Waals surface area contributed by atoms with Crippen molar-refractivity contribution in [2.75, 3.05) is 0 Å². The lowest BCUT2D eigenvalue weighted by atomic mass is 10.2. The summed E-state index contributed by atoms with van der Waals surface area (Å²) < 4.78 is 31.6. The first-order valence-electron chi connectivity index (χ1n) is 4.95. The van der Waals surface area contributed by atoms with Crippen molar-refractivity contribution < 1.29 is 13.5 Å². The Balaban J connectivity index is 2.40. The van der Waals surface area contributed by atoms with Gasteiger partial charge >= 0.3 is 0 Å². The monoisotopic (exact) mass is 266 g/mol. The molecule has 18 heavy (non-hydrogen) atoms. The Labute approximate surface area is 107 Å². The fourth-order valence-electron chi connectivity index (χ4n) is 1.32. The van der Waals surface area contributed by atoms with Gasteiger partial charge in [-0.2, -0.15) is 0 Å². The van der Waals surface area contributed by atoms with Crippen LogP contribution in [-0.4, -0.2) is 9.97 Å². The molecule has 0 bridgehead atoms. The van der Waals surface area contributed by atoms with Crippen LogP contribution in [0, 0.1) is 11.6 Å². The maximum atomic E-state index is 13.4. The summed E-state index contributed by atoms with van der Waals surface area (Å²) in [5, 5.41) is 0. The average molecular weight is 266 g/mol. The Morgan fingerprint density at radius 2 is 2.06 bits per heavy atom. The normalized spacial score (nSPS) is 10.1. The molecule has 2 rings (SSSR count). The van der Waals surface area contributed by atoms with Crippen molar-refractivity contribution in [2.24, 2.45) is 5.73 Å². The number of hydrogen-bond donors (Lipinski definition) is 1. The minimum Gasteiger partial charge on any atom is -0.435 e. The van der Waals surface area contributed by atoms with Crippen LogP contribution < -0.4 is 10.5 Å². The molecule has 3 nitrogen and oxygen atoms in total. The smallest absolute Gasteiger partial charge is 0.229 e. The summed E-state index contributed by atoms with van der Waals surface area (Å²) in [6.07, 6.45) is 1.44. The third-order valence-electron chi connectivity index (χ3n) is 2.14. The summed E-state index contributed by atoms with van der Waals surface area (Å²) in [6.45, 7) is 0. The number of aromatic nitrogens is 1. The molecule has 0 aliphatic carbocycles. The second-order valence-electron chi connectivity index (χ2n) is 3.40. The second kappa shape index (κ2) is 5.05. The lowest BCUT2D eigenvalue weighted by Gasteiger charge is -2.09. The zero-order valence-corrected chi connectivity index (χ0v) is 9.88. The first-order valence-corrected chi connectivity index (χ1v) is 5.36. The standard InChI is InChI=1S/C12H8F2N2OS/c13-7-3-4-9(14)10(6-7)17-12-8(11(15)18)2-1-5-16-12/h1-6H,(H2,15,18). The predicted octanol–water partition coefficient (Wildman–Crippen LogP) is 2.79. The van der Waals surface area contributed by atoms with Crippen molar-refractivity contribution in [1.82, 2.24) is 4.98 Å². The molecule has 2 aromatic rings. The van der Waals surface area contributed by atoms with E-state index in [1.165, 1.54) is 6.20 Å². The van der Waals surface area contributed by atoms with Gasteiger partial charge in [0.15, 0.2) is 11.6 Å². The van der Waals surface area contributed by atoms with Crippen LogP contribution in [0.2, 0.25) is 0 Å². The van der Waals surface area contributed by atoms with E-state index in [2.05, 4.69) is 4.98 Å². The van der Waals surface area contributed by atoms with Crippen LogP contribution in [0.5, 0.6) is 11.6 Å². The molecular weight excluding hydrogens is 258 g/mol. The van der Waals surface area contributed by atoms with E-state index in [9.17, 15) is 8.78 Å². The maximum Gasteiger partial charge on any atom is 0.229 e. The van der Waals surface area contributed by atoms with Crippen molar-refractivity contribution in [3.05, 3.63) is 53.7 Å². The van der Waals surface area contributed by atoms with Gasteiger partial charge in [-0.05, 0) is 24.3 Å². The molecule has 0 radical (unpaired) electrons. The third-order valence-corrected chi connectivity index (χ3v) is 2.36. The number of benzene rings is 1. The van der Waals surface area contributed by atoms with E-state index in [4.69, 9.17) is 22.7 Å². The fraction of sp³-hybridized carbons (Fsp3) is 0. The van der Waals surface area contributed by atoms with Gasteiger partial charge in [-0.15, -0.1) is 0 Å². The highest BCUT2D eigenvalue weighted by molar-refractivity contribution is 7.80. The Hall–Kier alpha value is -2.08. The Morgan fingerprint density at radius 1 is 1.28 bits per heavy atom. The van der Waals surface area contributed by atoms with Gasteiger partial charge in [0.1, 0.15) is 10.8 Å². The van der Waals surface area contributed by atoms with Crippen molar-refractivity contribution >= 4 is 17.2 Å². The third kappa shape index (κ3) is 2.60. The molecule has 1 aromatic carbocycles. The van der Waals surface area contributed by atoms with Gasteiger partial charge in [-0.1, -0.05) is 12.2 Å². The van der Waals surface area contributed by atoms with Gasteiger partial charge in [0.25, 0.3) is 0 Å². The maximum absolute atomic E-state index is 13.4. The van der Waals surface area contributed by atoms with Crippen LogP contribution >= 0.6 is 12.2 Å². The number of rotatable bonds is 3. The lowest BCUT2D eigenvalue weighted by Crippen LogP contribution is -2.11. The van der Waals surface area contributed by atoms with Gasteiger partial charge in [0.2, 0.25) is 5.88 Å². The van der Waals surface area contributed by atoms with Gasteiger partial charge in [-0.25, -0.2) is 13.8 Å². The minimum atomic E-state index is -0.698. The Kier molecular flexibility index (Phi) is 3.47. The number of hydrogen-bond acceptors (Lipinski definition) is 3. The van der Waals surface area contributed by atoms with Crippen LogP contribution in [0.15, 0.2) is 36.5 Å². The van der Waals surface area contributed by atoms with Crippen LogP contribution in [-0.2, 0) is 0 Å². The molecular formula is C12H8F2N2OS. The molecule has 0 saturated carbocycles. The quantitative estimate of drug-likeness (QED) is 0.868. The summed E-state index contributed by atoms with van der Waals surface area (Å²) in [6, 6.07) is 6.08. The van der Waals surface area contributed by atoms with Crippen LogP contribution in [0.1, 0.15) is 5.56 Å². The molecule has 0 spiro atoms. The lowest BCUT2D eigenvalue weighted by molar-refractivity contribution is 0.422. The van der Waals surface area contributed by atoms with E-state index in [1.54, 1.807) is 12.1 Å². The number of thiocarbonyl (C=S) groups is 1. The molecule has 0 amide bonds. The molecule has 2 N–H and O–H groups in total. The SMILES string of the molecule is NC(=S)c1cccnc1Oc1cc(F)ccc1F. The number of nitrogens with two attached hydrogens (primary N) is 1. The van der Waals surface area contributed by atoms with E-state index in [0.29, 0.717) is 5.56 Å². The second-order valence-corrected chi connectivity index (χ2v) is 3.84. The van der Waals surface area contributed by atoms with Gasteiger partial charge < -0.3 is 10.5 Å². The summed E-state index contributed by atoms with van der Waals surface area (Å²) >= 11 is 4.81. The van der Waals surface area contributed by atoms with Crippen molar-refractivity contribution in [1.29, 1.82) is 0 Å². The number of halogens is 2. The van der Waals surface area contributed by atoms with Crippen molar-refractivity contribution in [3.8, 4) is 11.6 Å². The van der Waals surface area contributed by atoms with Gasteiger partial charge in [-0.3, -0.25) is 0 Å². The molecule has 1 aromatic heterocycles. The van der Waals surface area contributed by atoms with Gasteiger partial charge in [0.05, 0.1) is 5.56 Å². The predicted molar refractivity (Wildman–Crippen MR) is 66.6 cm³/mol. The molecule has 0 saturated heterocycles. The van der Waals surface area contributed by atoms with Crippen LogP contribution in [0.25, 0.3) is 0 Å². The highest BCUT2D eigenvalue weighted by atomic mass is 32.1. The van der Waals surface area contributed by atoms with E-state index < -0.39 is 11.6 Å². The topological polar surface area (TPSA) is 48.1 Å². The van der Waals surface area contributed by atoms with Crippen LogP contribution in [0.4, 0.5) is 8.78 Å². The number of nitrogens with zero attached hydrogens (tertiary/aromatic N) is 1. The average Bonchev–Trinajstić information content (AvgIpc) is 2.34. The molecule has 92 valence electrons. The molecule has 6 heteroatoms. The van der Waals surface area contributed by atoms with E-state index in [0.717, 1.165) is 18.2 Å². The fourth-order valence-corrected chi connectivity index (χ4v) is 1.47. The Morgan fingerprint density at radius 3 is 2.78 bits per heavy atom. The zero-order chi connectivity index (χ0) is 13.1. The zero-order valence-electron chi connectivity index (χ0n) is 9.06. The summed E-state index contributed by atoms with van der Waals surface area (Å²) in [5.41, 5.74) is 5.84. The summed E-state index contributed by atoms with van der Waals surface area (Å²) in [7, 11) is 0.